The Morgan fingerprint density at radius 1 is 1.50 bits per heavy atom. The van der Waals surface area contributed by atoms with E-state index >= 15 is 0 Å². The van der Waals surface area contributed by atoms with Crippen molar-refractivity contribution in [1.82, 2.24) is 10.3 Å². The Morgan fingerprint density at radius 2 is 2.17 bits per heavy atom. The summed E-state index contributed by atoms with van der Waals surface area (Å²) in [7, 11) is 0. The molecule has 0 aromatic heterocycles. The second-order valence-corrected chi connectivity index (χ2v) is 4.26. The van der Waals surface area contributed by atoms with Crippen molar-refractivity contribution in [3.63, 3.8) is 0 Å². The van der Waals surface area contributed by atoms with Crippen molar-refractivity contribution in [1.29, 1.82) is 0 Å². The van der Waals surface area contributed by atoms with Gasteiger partial charge in [-0.2, -0.15) is 5.10 Å². The van der Waals surface area contributed by atoms with E-state index in [9.17, 15) is 0 Å². The molecule has 1 rings (SSSR count). The van der Waals surface area contributed by atoms with E-state index in [4.69, 9.17) is 0 Å². The molecule has 1 aliphatic rings. The van der Waals surface area contributed by atoms with E-state index < -0.39 is 0 Å². The minimum atomic E-state index is 0.173. The van der Waals surface area contributed by atoms with Gasteiger partial charge in [0.2, 0.25) is 0 Å². The minimum Gasteiger partial charge on any atom is -0.335 e. The molecule has 0 radical (unpaired) electrons. The Hall–Kier alpha value is -0.730. The van der Waals surface area contributed by atoms with Crippen LogP contribution in [0.15, 0.2) is 5.10 Å². The summed E-state index contributed by atoms with van der Waals surface area (Å²) in [6.45, 7) is 8.80. The van der Waals surface area contributed by atoms with Crippen molar-refractivity contribution in [2.75, 3.05) is 0 Å². The standard InChI is InChI=1S/C9H19N3/c1-5-6-8-11-10-7-12(8)9(2,3)4/h7-8,11H,5-6H2,1-4H3. The van der Waals surface area contributed by atoms with E-state index in [1.165, 1.54) is 6.42 Å². The third-order valence-corrected chi connectivity index (χ3v) is 2.08. The summed E-state index contributed by atoms with van der Waals surface area (Å²) in [5.41, 5.74) is 3.28. The molecular formula is C9H19N3. The molecule has 1 heterocycles. The maximum atomic E-state index is 4.08. The zero-order valence-corrected chi connectivity index (χ0v) is 8.46. The molecular weight excluding hydrogens is 150 g/mol. The van der Waals surface area contributed by atoms with Gasteiger partial charge in [-0.25, -0.2) is 0 Å². The zero-order chi connectivity index (χ0) is 9.19. The van der Waals surface area contributed by atoms with E-state index in [2.05, 4.69) is 43.1 Å². The Morgan fingerprint density at radius 3 is 2.67 bits per heavy atom. The first kappa shape index (κ1) is 9.36. The van der Waals surface area contributed by atoms with Crippen LogP contribution < -0.4 is 5.43 Å². The van der Waals surface area contributed by atoms with Gasteiger partial charge < -0.3 is 4.90 Å². The third kappa shape index (κ3) is 1.90. The molecule has 1 aliphatic heterocycles. The molecule has 0 aliphatic carbocycles. The quantitative estimate of drug-likeness (QED) is 0.682. The summed E-state index contributed by atoms with van der Waals surface area (Å²) in [5.74, 6) is 0. The molecule has 0 bridgehead atoms. The lowest BCUT2D eigenvalue weighted by Gasteiger charge is -2.35. The van der Waals surface area contributed by atoms with Gasteiger partial charge in [-0.05, 0) is 27.2 Å². The molecule has 1 unspecified atom stereocenters. The van der Waals surface area contributed by atoms with E-state index in [0.29, 0.717) is 6.17 Å². The van der Waals surface area contributed by atoms with Crippen LogP contribution in [0, 0.1) is 0 Å². The Kier molecular flexibility index (Phi) is 2.60. The second kappa shape index (κ2) is 3.33. The first-order valence-electron chi connectivity index (χ1n) is 4.63. The van der Waals surface area contributed by atoms with Crippen molar-refractivity contribution in [2.45, 2.75) is 52.2 Å². The third-order valence-electron chi connectivity index (χ3n) is 2.08. The van der Waals surface area contributed by atoms with Gasteiger partial charge >= 0.3 is 0 Å². The fourth-order valence-corrected chi connectivity index (χ4v) is 1.44. The molecule has 0 aromatic carbocycles. The molecule has 0 spiro atoms. The minimum absolute atomic E-state index is 0.173. The number of nitrogens with one attached hydrogen (secondary N) is 1. The first-order valence-corrected chi connectivity index (χ1v) is 4.63. The van der Waals surface area contributed by atoms with Crippen LogP contribution in [0.5, 0.6) is 0 Å². The van der Waals surface area contributed by atoms with Gasteiger partial charge in [-0.3, -0.25) is 5.43 Å². The highest BCUT2D eigenvalue weighted by atomic mass is 15.5. The van der Waals surface area contributed by atoms with Gasteiger partial charge in [0.05, 0.1) is 0 Å². The first-order chi connectivity index (χ1) is 5.55. The molecule has 0 amide bonds. The van der Waals surface area contributed by atoms with Gasteiger partial charge in [0.25, 0.3) is 0 Å². The zero-order valence-electron chi connectivity index (χ0n) is 8.46. The fourth-order valence-electron chi connectivity index (χ4n) is 1.44. The highest BCUT2D eigenvalue weighted by molar-refractivity contribution is 5.58. The van der Waals surface area contributed by atoms with Crippen LogP contribution in [0.25, 0.3) is 0 Å². The van der Waals surface area contributed by atoms with Crippen LogP contribution in [-0.2, 0) is 0 Å². The lowest BCUT2D eigenvalue weighted by molar-refractivity contribution is 0.169. The average Bonchev–Trinajstić information content (AvgIpc) is 2.34. The number of rotatable bonds is 2. The highest BCUT2D eigenvalue weighted by Gasteiger charge is 2.28. The Bertz CT molecular complexity index is 169. The lowest BCUT2D eigenvalue weighted by atomic mass is 10.1. The van der Waals surface area contributed by atoms with Crippen molar-refractivity contribution in [3.8, 4) is 0 Å². The van der Waals surface area contributed by atoms with Gasteiger partial charge in [0.1, 0.15) is 12.5 Å². The highest BCUT2D eigenvalue weighted by Crippen LogP contribution is 2.18. The molecule has 0 aromatic rings. The maximum Gasteiger partial charge on any atom is 0.116 e. The van der Waals surface area contributed by atoms with Crippen molar-refractivity contribution in [3.05, 3.63) is 0 Å². The van der Waals surface area contributed by atoms with E-state index in [0.717, 1.165) is 6.42 Å². The molecule has 1 atom stereocenters. The van der Waals surface area contributed by atoms with Gasteiger partial charge in [0, 0.05) is 5.54 Å². The summed E-state index contributed by atoms with van der Waals surface area (Å²) < 4.78 is 0. The molecule has 1 N–H and O–H groups in total. The average molecular weight is 169 g/mol. The predicted octanol–water partition coefficient (Wildman–Crippen LogP) is 1.76. The summed E-state index contributed by atoms with van der Waals surface area (Å²) in [4.78, 5) is 2.27. The summed E-state index contributed by atoms with van der Waals surface area (Å²) in [5, 5.41) is 4.08. The SMILES string of the molecule is CCCC1NN=CN1C(C)(C)C. The molecule has 0 saturated carbocycles. The smallest absolute Gasteiger partial charge is 0.116 e. The van der Waals surface area contributed by atoms with Crippen molar-refractivity contribution in [2.24, 2.45) is 5.10 Å². The van der Waals surface area contributed by atoms with E-state index in [1.54, 1.807) is 0 Å². The number of hydrogen-bond acceptors (Lipinski definition) is 3. The normalized spacial score (nSPS) is 23.0. The fraction of sp³-hybridized carbons (Fsp3) is 0.889. The van der Waals surface area contributed by atoms with Gasteiger partial charge in [-0.15, -0.1) is 0 Å². The largest absolute Gasteiger partial charge is 0.335 e. The molecule has 3 heteroatoms. The predicted molar refractivity (Wildman–Crippen MR) is 51.9 cm³/mol. The monoisotopic (exact) mass is 169 g/mol. The Labute approximate surface area is 74.8 Å². The van der Waals surface area contributed by atoms with Crippen LogP contribution in [0.3, 0.4) is 0 Å². The van der Waals surface area contributed by atoms with Crippen LogP contribution in [0.2, 0.25) is 0 Å². The molecule has 0 fully saturated rings. The summed E-state index contributed by atoms with van der Waals surface area (Å²) >= 11 is 0. The number of hydrazone groups is 1. The molecule has 12 heavy (non-hydrogen) atoms. The van der Waals surface area contributed by atoms with Crippen LogP contribution in [0.4, 0.5) is 0 Å². The second-order valence-electron chi connectivity index (χ2n) is 4.26. The van der Waals surface area contributed by atoms with E-state index in [-0.39, 0.29) is 5.54 Å². The Balaban J connectivity index is 2.57. The van der Waals surface area contributed by atoms with Crippen molar-refractivity contribution < 1.29 is 0 Å². The molecule has 70 valence electrons. The van der Waals surface area contributed by atoms with E-state index in [1.807, 2.05) is 6.34 Å². The van der Waals surface area contributed by atoms with Crippen LogP contribution in [-0.4, -0.2) is 22.9 Å². The van der Waals surface area contributed by atoms with Gasteiger partial charge in [-0.1, -0.05) is 13.3 Å². The molecule has 0 saturated heterocycles. The number of nitrogens with zero attached hydrogens (tertiary/aromatic N) is 2. The topological polar surface area (TPSA) is 27.6 Å². The van der Waals surface area contributed by atoms with Crippen LogP contribution in [0.1, 0.15) is 40.5 Å². The molecule has 3 nitrogen and oxygen atoms in total. The summed E-state index contributed by atoms with van der Waals surface area (Å²) in [6.07, 6.45) is 4.64. The maximum absolute atomic E-state index is 4.08. The summed E-state index contributed by atoms with van der Waals surface area (Å²) in [6, 6.07) is 0. The lowest BCUT2D eigenvalue weighted by Crippen LogP contribution is -2.47. The number of hydrogen-bond donors (Lipinski definition) is 1. The van der Waals surface area contributed by atoms with Gasteiger partial charge in [0.15, 0.2) is 0 Å². The van der Waals surface area contributed by atoms with Crippen molar-refractivity contribution >= 4 is 6.34 Å². The van der Waals surface area contributed by atoms with Crippen LogP contribution >= 0.6 is 0 Å².